The van der Waals surface area contributed by atoms with E-state index in [1.807, 2.05) is 37.2 Å². The van der Waals surface area contributed by atoms with Gasteiger partial charge >= 0.3 is 0 Å². The minimum atomic E-state index is 0.957. The summed E-state index contributed by atoms with van der Waals surface area (Å²) in [5, 5.41) is 9.78. The Balaban J connectivity index is 1.32. The first kappa shape index (κ1) is 24.5. The first-order valence-corrected chi connectivity index (χ1v) is 14.5. The molecule has 9 rings (SSSR count). The summed E-state index contributed by atoms with van der Waals surface area (Å²) in [6, 6.07) is 33.1. The lowest BCUT2D eigenvalue weighted by Crippen LogP contribution is -1.92. The zero-order valence-electron chi connectivity index (χ0n) is 23.5. The van der Waals surface area contributed by atoms with Crippen LogP contribution < -0.4 is 0 Å². The van der Waals surface area contributed by atoms with Gasteiger partial charge in [0, 0.05) is 59.3 Å². The third kappa shape index (κ3) is 3.83. The van der Waals surface area contributed by atoms with E-state index in [0.29, 0.717) is 0 Å². The lowest BCUT2D eigenvalue weighted by molar-refractivity contribution is 1.17. The van der Waals surface area contributed by atoms with Gasteiger partial charge in [0.1, 0.15) is 12.7 Å². The fourth-order valence-corrected chi connectivity index (χ4v) is 6.63. The maximum atomic E-state index is 4.60. The second-order valence-electron chi connectivity index (χ2n) is 11.1. The van der Waals surface area contributed by atoms with Crippen molar-refractivity contribution >= 4 is 43.1 Å². The fraction of sp³-hybridized carbons (Fsp3) is 0. The molecule has 44 heavy (non-hydrogen) atoms. The van der Waals surface area contributed by atoms with Gasteiger partial charge in [-0.1, -0.05) is 72.8 Å². The van der Waals surface area contributed by atoms with Crippen molar-refractivity contribution in [2.24, 2.45) is 0 Å². The molecule has 0 saturated carbocycles. The third-order valence-corrected chi connectivity index (χ3v) is 8.65. The van der Waals surface area contributed by atoms with Crippen LogP contribution in [0, 0.1) is 0 Å². The molecule has 9 aromatic rings. The maximum Gasteiger partial charge on any atom is 0.115 e. The molecule has 0 saturated heterocycles. The van der Waals surface area contributed by atoms with Gasteiger partial charge in [-0.2, -0.15) is 0 Å². The monoisotopic (exact) mass is 561 g/mol. The summed E-state index contributed by atoms with van der Waals surface area (Å²) in [7, 11) is 0. The summed E-state index contributed by atoms with van der Waals surface area (Å²) < 4.78 is 0. The lowest BCUT2D eigenvalue weighted by Gasteiger charge is -2.18. The first-order chi connectivity index (χ1) is 21.8. The summed E-state index contributed by atoms with van der Waals surface area (Å²) in [6.07, 6.45) is 14.5. The number of benzene rings is 6. The van der Waals surface area contributed by atoms with E-state index in [9.17, 15) is 0 Å². The smallest absolute Gasteiger partial charge is 0.115 e. The highest BCUT2D eigenvalue weighted by Crippen LogP contribution is 2.44. The molecule has 0 spiro atoms. The van der Waals surface area contributed by atoms with E-state index in [2.05, 4.69) is 116 Å². The average Bonchev–Trinajstić information content (AvgIpc) is 3.11. The van der Waals surface area contributed by atoms with Crippen LogP contribution in [0.1, 0.15) is 0 Å². The summed E-state index contributed by atoms with van der Waals surface area (Å²) in [5.41, 5.74) is 8.61. The molecule has 0 amide bonds. The van der Waals surface area contributed by atoms with Gasteiger partial charge in [-0.3, -0.25) is 4.98 Å². The minimum absolute atomic E-state index is 0.957. The van der Waals surface area contributed by atoms with Crippen LogP contribution in [0.15, 0.2) is 141 Å². The van der Waals surface area contributed by atoms with Crippen LogP contribution in [0.4, 0.5) is 0 Å². The molecule has 0 fully saturated rings. The average molecular weight is 562 g/mol. The Bertz CT molecular complexity index is 2430. The standard InChI is InChI=1S/C39H23N5/c1-2-4-32-26(3-1)16-40-21-37(32)34-10-6-25-7-11-35-33(9-5-24-8-12-36(34)39(25)38(24)35)29-14-27(30-17-41-22-42-18-30)13-28(15-29)31-19-43-23-44-20-31/h1-23H. The van der Waals surface area contributed by atoms with E-state index in [-0.39, 0.29) is 0 Å². The van der Waals surface area contributed by atoms with E-state index < -0.39 is 0 Å². The highest BCUT2D eigenvalue weighted by Gasteiger charge is 2.17. The second-order valence-corrected chi connectivity index (χ2v) is 11.1. The van der Waals surface area contributed by atoms with Crippen molar-refractivity contribution < 1.29 is 0 Å². The SMILES string of the molecule is c1ccc2c(-c3ccc4ccc5c(-c6cc(-c7cncnc7)cc(-c7cncnc7)c6)ccc6ccc3c4c65)cncc2c1. The number of aromatic nitrogens is 5. The highest BCUT2D eigenvalue weighted by molar-refractivity contribution is 6.28. The van der Waals surface area contributed by atoms with Crippen LogP contribution in [-0.2, 0) is 0 Å². The zero-order chi connectivity index (χ0) is 29.0. The Hall–Kier alpha value is -6.07. The molecular formula is C39H23N5. The Morgan fingerprint density at radius 1 is 0.318 bits per heavy atom. The Kier molecular flexibility index (Phi) is 5.43. The van der Waals surface area contributed by atoms with E-state index >= 15 is 0 Å². The molecule has 0 N–H and O–H groups in total. The van der Waals surface area contributed by atoms with Crippen molar-refractivity contribution in [3.8, 4) is 44.5 Å². The third-order valence-electron chi connectivity index (χ3n) is 8.65. The van der Waals surface area contributed by atoms with Gasteiger partial charge in [-0.05, 0) is 83.7 Å². The molecule has 3 heterocycles. The number of fused-ring (bicyclic) bond motifs is 1. The van der Waals surface area contributed by atoms with Crippen molar-refractivity contribution in [2.45, 2.75) is 0 Å². The van der Waals surface area contributed by atoms with Crippen molar-refractivity contribution in [3.63, 3.8) is 0 Å². The molecule has 0 aliphatic heterocycles. The maximum absolute atomic E-state index is 4.60. The largest absolute Gasteiger partial charge is 0.263 e. The normalized spacial score (nSPS) is 11.6. The fourth-order valence-electron chi connectivity index (χ4n) is 6.63. The lowest BCUT2D eigenvalue weighted by atomic mass is 9.86. The Labute approximate surface area is 252 Å². The van der Waals surface area contributed by atoms with Crippen molar-refractivity contribution in [2.75, 3.05) is 0 Å². The summed E-state index contributed by atoms with van der Waals surface area (Å²) >= 11 is 0. The van der Waals surface area contributed by atoms with Gasteiger partial charge in [0.25, 0.3) is 0 Å². The zero-order valence-corrected chi connectivity index (χ0v) is 23.5. The molecule has 3 aromatic heterocycles. The molecule has 5 nitrogen and oxygen atoms in total. The van der Waals surface area contributed by atoms with E-state index in [0.717, 1.165) is 38.8 Å². The van der Waals surface area contributed by atoms with Crippen molar-refractivity contribution in [3.05, 3.63) is 141 Å². The second kappa shape index (κ2) is 9.75. The number of rotatable bonds is 4. The first-order valence-electron chi connectivity index (χ1n) is 14.5. The van der Waals surface area contributed by atoms with E-state index in [1.165, 1.54) is 48.8 Å². The van der Waals surface area contributed by atoms with E-state index in [1.54, 1.807) is 12.7 Å². The van der Waals surface area contributed by atoms with Crippen LogP contribution >= 0.6 is 0 Å². The van der Waals surface area contributed by atoms with Gasteiger partial charge in [0.05, 0.1) is 0 Å². The van der Waals surface area contributed by atoms with Crippen LogP contribution in [0.3, 0.4) is 0 Å². The molecule has 0 bridgehead atoms. The predicted molar refractivity (Wildman–Crippen MR) is 178 cm³/mol. The highest BCUT2D eigenvalue weighted by atomic mass is 14.8. The molecule has 0 aliphatic rings. The molecule has 5 heteroatoms. The molecule has 0 unspecified atom stereocenters. The molecule has 0 radical (unpaired) electrons. The number of pyridine rings is 1. The van der Waals surface area contributed by atoms with Gasteiger partial charge in [-0.15, -0.1) is 0 Å². The van der Waals surface area contributed by atoms with Crippen LogP contribution in [0.2, 0.25) is 0 Å². The van der Waals surface area contributed by atoms with Crippen molar-refractivity contribution in [1.29, 1.82) is 0 Å². The molecule has 0 aliphatic carbocycles. The van der Waals surface area contributed by atoms with Crippen LogP contribution in [-0.4, -0.2) is 24.9 Å². The number of nitrogens with zero attached hydrogens (tertiary/aromatic N) is 5. The van der Waals surface area contributed by atoms with E-state index in [4.69, 9.17) is 0 Å². The Morgan fingerprint density at radius 2 is 0.864 bits per heavy atom. The quantitative estimate of drug-likeness (QED) is 0.200. The Morgan fingerprint density at radius 3 is 1.52 bits per heavy atom. The molecule has 204 valence electrons. The van der Waals surface area contributed by atoms with Crippen LogP contribution in [0.25, 0.3) is 87.6 Å². The van der Waals surface area contributed by atoms with Gasteiger partial charge in [-0.25, -0.2) is 19.9 Å². The summed E-state index contributed by atoms with van der Waals surface area (Å²) in [5.74, 6) is 0. The molecule has 0 atom stereocenters. The molecular weight excluding hydrogens is 538 g/mol. The van der Waals surface area contributed by atoms with Gasteiger partial charge in [0.15, 0.2) is 0 Å². The molecule has 6 aromatic carbocycles. The minimum Gasteiger partial charge on any atom is -0.263 e. The summed E-state index contributed by atoms with van der Waals surface area (Å²) in [6.45, 7) is 0. The topological polar surface area (TPSA) is 64.5 Å². The van der Waals surface area contributed by atoms with Gasteiger partial charge in [0.2, 0.25) is 0 Å². The number of hydrogen-bond donors (Lipinski definition) is 0. The van der Waals surface area contributed by atoms with Crippen LogP contribution in [0.5, 0.6) is 0 Å². The predicted octanol–water partition coefficient (Wildman–Crippen LogP) is 9.38. The number of hydrogen-bond acceptors (Lipinski definition) is 5. The summed E-state index contributed by atoms with van der Waals surface area (Å²) in [4.78, 5) is 21.7. The van der Waals surface area contributed by atoms with Gasteiger partial charge < -0.3 is 0 Å². The van der Waals surface area contributed by atoms with Crippen molar-refractivity contribution in [1.82, 2.24) is 24.9 Å².